The SMILES string of the molecule is CNCCCC(=O)N1CCN(C(=O)c2cccs2)CC1. The van der Waals surface area contributed by atoms with Crippen molar-refractivity contribution in [1.82, 2.24) is 15.1 Å². The Balaban J connectivity index is 1.77. The molecule has 0 unspecified atom stereocenters. The van der Waals surface area contributed by atoms with E-state index in [0.717, 1.165) is 17.8 Å². The molecular formula is C14H21N3O2S. The summed E-state index contributed by atoms with van der Waals surface area (Å²) in [5.41, 5.74) is 0. The van der Waals surface area contributed by atoms with E-state index in [1.54, 1.807) is 0 Å². The van der Waals surface area contributed by atoms with E-state index in [2.05, 4.69) is 5.32 Å². The Kier molecular flexibility index (Phi) is 5.55. The van der Waals surface area contributed by atoms with Gasteiger partial charge in [0.25, 0.3) is 5.91 Å². The van der Waals surface area contributed by atoms with E-state index in [9.17, 15) is 9.59 Å². The lowest BCUT2D eigenvalue weighted by molar-refractivity contribution is -0.132. The first-order valence-electron chi connectivity index (χ1n) is 6.97. The van der Waals surface area contributed by atoms with Crippen molar-refractivity contribution in [3.63, 3.8) is 0 Å². The van der Waals surface area contributed by atoms with Crippen LogP contribution in [0.1, 0.15) is 22.5 Å². The first-order valence-corrected chi connectivity index (χ1v) is 7.85. The highest BCUT2D eigenvalue weighted by atomic mass is 32.1. The third-order valence-corrected chi connectivity index (χ3v) is 4.33. The van der Waals surface area contributed by atoms with Crippen LogP contribution in [-0.2, 0) is 4.79 Å². The minimum atomic E-state index is 0.0854. The Hall–Kier alpha value is -1.40. The van der Waals surface area contributed by atoms with Crippen molar-refractivity contribution in [3.05, 3.63) is 22.4 Å². The molecule has 1 N–H and O–H groups in total. The lowest BCUT2D eigenvalue weighted by Gasteiger charge is -2.34. The highest BCUT2D eigenvalue weighted by Crippen LogP contribution is 2.14. The third kappa shape index (κ3) is 3.80. The maximum absolute atomic E-state index is 12.2. The van der Waals surface area contributed by atoms with Crippen molar-refractivity contribution in [1.29, 1.82) is 0 Å². The molecule has 2 heterocycles. The van der Waals surface area contributed by atoms with Crippen LogP contribution < -0.4 is 5.32 Å². The fourth-order valence-electron chi connectivity index (χ4n) is 2.29. The quantitative estimate of drug-likeness (QED) is 0.826. The van der Waals surface area contributed by atoms with Crippen molar-refractivity contribution < 1.29 is 9.59 Å². The number of hydrogen-bond donors (Lipinski definition) is 1. The molecule has 0 bridgehead atoms. The van der Waals surface area contributed by atoms with Gasteiger partial charge >= 0.3 is 0 Å². The molecule has 110 valence electrons. The number of thiophene rings is 1. The van der Waals surface area contributed by atoms with Gasteiger partial charge in [0.2, 0.25) is 5.91 Å². The molecule has 1 aliphatic rings. The zero-order chi connectivity index (χ0) is 14.4. The Morgan fingerprint density at radius 2 is 1.95 bits per heavy atom. The van der Waals surface area contributed by atoms with Crippen LogP contribution in [0.25, 0.3) is 0 Å². The second-order valence-corrected chi connectivity index (χ2v) is 5.81. The molecule has 0 saturated carbocycles. The summed E-state index contributed by atoms with van der Waals surface area (Å²) in [5, 5.41) is 4.95. The van der Waals surface area contributed by atoms with Crippen LogP contribution in [0.15, 0.2) is 17.5 Å². The van der Waals surface area contributed by atoms with E-state index in [1.165, 1.54) is 11.3 Å². The van der Waals surface area contributed by atoms with Gasteiger partial charge in [0, 0.05) is 32.6 Å². The van der Waals surface area contributed by atoms with Gasteiger partial charge in [-0.05, 0) is 31.5 Å². The zero-order valence-electron chi connectivity index (χ0n) is 11.8. The van der Waals surface area contributed by atoms with E-state index < -0.39 is 0 Å². The van der Waals surface area contributed by atoms with E-state index in [0.29, 0.717) is 32.6 Å². The molecule has 1 aromatic rings. The predicted octanol–water partition coefficient (Wildman–Crippen LogP) is 1.03. The second-order valence-electron chi connectivity index (χ2n) is 4.86. The second kappa shape index (κ2) is 7.40. The minimum absolute atomic E-state index is 0.0854. The average Bonchev–Trinajstić information content (AvgIpc) is 3.01. The van der Waals surface area contributed by atoms with Crippen LogP contribution in [0.5, 0.6) is 0 Å². The molecule has 0 atom stereocenters. The van der Waals surface area contributed by atoms with Crippen molar-refractivity contribution in [2.75, 3.05) is 39.8 Å². The summed E-state index contributed by atoms with van der Waals surface area (Å²) in [6, 6.07) is 3.74. The van der Waals surface area contributed by atoms with Crippen LogP contribution in [0.2, 0.25) is 0 Å². The molecule has 0 spiro atoms. The summed E-state index contributed by atoms with van der Waals surface area (Å²) in [7, 11) is 1.89. The zero-order valence-corrected chi connectivity index (χ0v) is 12.6. The third-order valence-electron chi connectivity index (χ3n) is 3.47. The number of rotatable bonds is 5. The Morgan fingerprint density at radius 1 is 1.25 bits per heavy atom. The molecule has 0 aliphatic carbocycles. The van der Waals surface area contributed by atoms with Crippen LogP contribution in [0.4, 0.5) is 0 Å². The number of amides is 2. The highest BCUT2D eigenvalue weighted by Gasteiger charge is 2.24. The van der Waals surface area contributed by atoms with Crippen molar-refractivity contribution in [3.8, 4) is 0 Å². The summed E-state index contributed by atoms with van der Waals surface area (Å²) >= 11 is 1.47. The van der Waals surface area contributed by atoms with Crippen molar-refractivity contribution in [2.24, 2.45) is 0 Å². The molecular weight excluding hydrogens is 274 g/mol. The fraction of sp³-hybridized carbons (Fsp3) is 0.571. The molecule has 0 radical (unpaired) electrons. The molecule has 1 aromatic heterocycles. The summed E-state index contributed by atoms with van der Waals surface area (Å²) in [5.74, 6) is 0.283. The lowest BCUT2D eigenvalue weighted by atomic mass is 10.2. The topological polar surface area (TPSA) is 52.7 Å². The summed E-state index contributed by atoms with van der Waals surface area (Å²) < 4.78 is 0. The van der Waals surface area contributed by atoms with Gasteiger partial charge in [0.1, 0.15) is 0 Å². The number of carbonyl (C=O) groups excluding carboxylic acids is 2. The van der Waals surface area contributed by atoms with Gasteiger partial charge in [-0.15, -0.1) is 11.3 Å². The molecule has 1 saturated heterocycles. The van der Waals surface area contributed by atoms with Gasteiger partial charge < -0.3 is 15.1 Å². The number of nitrogens with one attached hydrogen (secondary N) is 1. The normalized spacial score (nSPS) is 15.4. The fourth-order valence-corrected chi connectivity index (χ4v) is 2.98. The number of nitrogens with zero attached hydrogens (tertiary/aromatic N) is 2. The first-order chi connectivity index (χ1) is 9.72. The Bertz CT molecular complexity index is 439. The Morgan fingerprint density at radius 3 is 2.55 bits per heavy atom. The van der Waals surface area contributed by atoms with E-state index >= 15 is 0 Å². The summed E-state index contributed by atoms with van der Waals surface area (Å²) in [4.78, 5) is 28.6. The average molecular weight is 295 g/mol. The van der Waals surface area contributed by atoms with E-state index in [4.69, 9.17) is 0 Å². The minimum Gasteiger partial charge on any atom is -0.339 e. The van der Waals surface area contributed by atoms with Crippen LogP contribution in [0, 0.1) is 0 Å². The highest BCUT2D eigenvalue weighted by molar-refractivity contribution is 7.12. The molecule has 2 rings (SSSR count). The van der Waals surface area contributed by atoms with Gasteiger partial charge in [-0.2, -0.15) is 0 Å². The van der Waals surface area contributed by atoms with Crippen LogP contribution >= 0.6 is 11.3 Å². The maximum Gasteiger partial charge on any atom is 0.264 e. The van der Waals surface area contributed by atoms with Crippen LogP contribution in [-0.4, -0.2) is 61.4 Å². The van der Waals surface area contributed by atoms with E-state index in [1.807, 2.05) is 34.4 Å². The van der Waals surface area contributed by atoms with Gasteiger partial charge in [-0.1, -0.05) is 6.07 Å². The standard InChI is InChI=1S/C14H21N3O2S/c1-15-6-2-5-13(18)16-7-9-17(10-8-16)14(19)12-4-3-11-20-12/h3-4,11,15H,2,5-10H2,1H3. The number of carbonyl (C=O) groups is 2. The molecule has 1 fully saturated rings. The summed E-state index contributed by atoms with van der Waals surface area (Å²) in [6.07, 6.45) is 1.45. The lowest BCUT2D eigenvalue weighted by Crippen LogP contribution is -2.50. The monoisotopic (exact) mass is 295 g/mol. The van der Waals surface area contributed by atoms with Gasteiger partial charge in [-0.3, -0.25) is 9.59 Å². The van der Waals surface area contributed by atoms with Gasteiger partial charge in [0.05, 0.1) is 4.88 Å². The first kappa shape index (κ1) is 15.0. The molecule has 1 aliphatic heterocycles. The molecule has 20 heavy (non-hydrogen) atoms. The maximum atomic E-state index is 12.2. The largest absolute Gasteiger partial charge is 0.339 e. The molecule has 5 nitrogen and oxygen atoms in total. The molecule has 0 aromatic carbocycles. The van der Waals surface area contributed by atoms with Crippen LogP contribution in [0.3, 0.4) is 0 Å². The van der Waals surface area contributed by atoms with Crippen molar-refractivity contribution in [2.45, 2.75) is 12.8 Å². The number of hydrogen-bond acceptors (Lipinski definition) is 4. The summed E-state index contributed by atoms with van der Waals surface area (Å²) in [6.45, 7) is 3.43. The van der Waals surface area contributed by atoms with Crippen molar-refractivity contribution >= 4 is 23.2 Å². The molecule has 2 amide bonds. The Labute approximate surface area is 123 Å². The van der Waals surface area contributed by atoms with Gasteiger partial charge in [0.15, 0.2) is 0 Å². The molecule has 6 heteroatoms. The predicted molar refractivity (Wildman–Crippen MR) is 80.0 cm³/mol. The number of piperazine rings is 1. The van der Waals surface area contributed by atoms with E-state index in [-0.39, 0.29) is 11.8 Å². The van der Waals surface area contributed by atoms with Gasteiger partial charge in [-0.25, -0.2) is 0 Å². The smallest absolute Gasteiger partial charge is 0.264 e.